The minimum Gasteiger partial charge on any atom is -0.477 e. The number of aromatic nitrogens is 1. The second-order valence-corrected chi connectivity index (χ2v) is 5.65. The second kappa shape index (κ2) is 6.05. The number of hydrogen-bond acceptors (Lipinski definition) is 2. The number of rotatable bonds is 3. The van der Waals surface area contributed by atoms with Gasteiger partial charge in [0.2, 0.25) is 5.43 Å². The molecule has 3 rings (SSSR count). The molecule has 122 valence electrons. The highest BCUT2D eigenvalue weighted by Gasteiger charge is 2.15. The molecule has 0 saturated carbocycles. The summed E-state index contributed by atoms with van der Waals surface area (Å²) in [6, 6.07) is 7.83. The van der Waals surface area contributed by atoms with Crippen LogP contribution in [0.1, 0.15) is 15.9 Å². The van der Waals surface area contributed by atoms with Gasteiger partial charge in [0, 0.05) is 23.2 Å². The van der Waals surface area contributed by atoms with E-state index in [1.54, 1.807) is 0 Å². The molecule has 0 fully saturated rings. The van der Waals surface area contributed by atoms with Gasteiger partial charge in [-0.2, -0.15) is 0 Å². The van der Waals surface area contributed by atoms with Gasteiger partial charge in [0.1, 0.15) is 5.56 Å². The van der Waals surface area contributed by atoms with E-state index in [1.807, 2.05) is 0 Å². The van der Waals surface area contributed by atoms with E-state index in [9.17, 15) is 23.5 Å². The molecule has 24 heavy (non-hydrogen) atoms. The third-order valence-corrected chi connectivity index (χ3v) is 3.85. The first kappa shape index (κ1) is 16.1. The second-order valence-electron chi connectivity index (χ2n) is 5.21. The van der Waals surface area contributed by atoms with Crippen LogP contribution in [0, 0.1) is 11.6 Å². The van der Waals surface area contributed by atoms with E-state index in [4.69, 9.17) is 11.6 Å². The van der Waals surface area contributed by atoms with Crippen molar-refractivity contribution in [2.45, 2.75) is 6.54 Å². The number of aromatic carboxylic acids is 1. The van der Waals surface area contributed by atoms with Crippen LogP contribution in [0.4, 0.5) is 8.78 Å². The quantitative estimate of drug-likeness (QED) is 0.784. The molecule has 0 aliphatic rings. The first-order valence-electron chi connectivity index (χ1n) is 6.87. The van der Waals surface area contributed by atoms with Gasteiger partial charge in [-0.25, -0.2) is 13.6 Å². The highest BCUT2D eigenvalue weighted by molar-refractivity contribution is 6.31. The summed E-state index contributed by atoms with van der Waals surface area (Å²) in [7, 11) is 0. The van der Waals surface area contributed by atoms with Crippen molar-refractivity contribution in [3.8, 4) is 0 Å². The molecule has 0 unspecified atom stereocenters. The summed E-state index contributed by atoms with van der Waals surface area (Å²) in [5.74, 6) is -3.34. The Morgan fingerprint density at radius 2 is 1.88 bits per heavy atom. The SMILES string of the molecule is O=C(O)c1cn(Cc2ccc(F)c(F)c2)c2cc(Cl)ccc2c1=O. The number of halogens is 3. The summed E-state index contributed by atoms with van der Waals surface area (Å²) in [6.45, 7) is 0.0502. The fraction of sp³-hybridized carbons (Fsp3) is 0.0588. The van der Waals surface area contributed by atoms with Crippen LogP contribution in [0.25, 0.3) is 10.9 Å². The Morgan fingerprint density at radius 3 is 2.54 bits per heavy atom. The van der Waals surface area contributed by atoms with E-state index in [0.29, 0.717) is 16.1 Å². The Bertz CT molecular complexity index is 1030. The maximum absolute atomic E-state index is 13.4. The van der Waals surface area contributed by atoms with Crippen molar-refractivity contribution in [2.75, 3.05) is 0 Å². The average molecular weight is 350 g/mol. The predicted octanol–water partition coefficient (Wildman–Crippen LogP) is 3.68. The molecular formula is C17H10ClF2NO3. The maximum Gasteiger partial charge on any atom is 0.341 e. The minimum absolute atomic E-state index is 0.0502. The fourth-order valence-corrected chi connectivity index (χ4v) is 2.65. The van der Waals surface area contributed by atoms with E-state index >= 15 is 0 Å². The number of carbonyl (C=O) groups is 1. The molecule has 0 bridgehead atoms. The number of carboxylic acids is 1. The van der Waals surface area contributed by atoms with Gasteiger partial charge in [0.15, 0.2) is 11.6 Å². The number of benzene rings is 2. The normalized spacial score (nSPS) is 11.0. The smallest absolute Gasteiger partial charge is 0.341 e. The van der Waals surface area contributed by atoms with Crippen molar-refractivity contribution in [3.05, 3.63) is 80.6 Å². The lowest BCUT2D eigenvalue weighted by Gasteiger charge is -2.13. The lowest BCUT2D eigenvalue weighted by molar-refractivity contribution is 0.0695. The predicted molar refractivity (Wildman–Crippen MR) is 85.6 cm³/mol. The molecular weight excluding hydrogens is 340 g/mol. The Morgan fingerprint density at radius 1 is 1.12 bits per heavy atom. The third-order valence-electron chi connectivity index (χ3n) is 3.61. The van der Waals surface area contributed by atoms with Crippen LogP contribution in [0.15, 0.2) is 47.4 Å². The van der Waals surface area contributed by atoms with E-state index in [2.05, 4.69) is 0 Å². The monoisotopic (exact) mass is 349 g/mol. The zero-order chi connectivity index (χ0) is 17.4. The van der Waals surface area contributed by atoms with Crippen molar-refractivity contribution >= 4 is 28.5 Å². The summed E-state index contributed by atoms with van der Waals surface area (Å²) in [6.07, 6.45) is 1.17. The van der Waals surface area contributed by atoms with Crippen molar-refractivity contribution < 1.29 is 18.7 Å². The molecule has 0 atom stereocenters. The summed E-state index contributed by atoms with van der Waals surface area (Å²) in [5, 5.41) is 9.75. The Balaban J connectivity index is 2.23. The Hall–Kier alpha value is -2.73. The molecule has 0 radical (unpaired) electrons. The summed E-state index contributed by atoms with van der Waals surface area (Å²) in [4.78, 5) is 23.5. The molecule has 2 aromatic carbocycles. The highest BCUT2D eigenvalue weighted by atomic mass is 35.5. The van der Waals surface area contributed by atoms with Crippen LogP contribution < -0.4 is 5.43 Å². The van der Waals surface area contributed by atoms with Gasteiger partial charge in [-0.05, 0) is 35.9 Å². The molecule has 4 nitrogen and oxygen atoms in total. The van der Waals surface area contributed by atoms with Gasteiger partial charge in [0.05, 0.1) is 5.52 Å². The van der Waals surface area contributed by atoms with Crippen LogP contribution in [0.2, 0.25) is 5.02 Å². The van der Waals surface area contributed by atoms with Crippen LogP contribution in [-0.2, 0) is 6.54 Å². The largest absolute Gasteiger partial charge is 0.477 e. The van der Waals surface area contributed by atoms with Crippen molar-refractivity contribution in [3.63, 3.8) is 0 Å². The average Bonchev–Trinajstić information content (AvgIpc) is 2.53. The molecule has 0 aliphatic heterocycles. The van der Waals surface area contributed by atoms with E-state index in [1.165, 1.54) is 35.0 Å². The number of hydrogen-bond donors (Lipinski definition) is 1. The minimum atomic E-state index is -1.36. The van der Waals surface area contributed by atoms with Crippen LogP contribution in [0.3, 0.4) is 0 Å². The van der Waals surface area contributed by atoms with Crippen LogP contribution in [0.5, 0.6) is 0 Å². The lowest BCUT2D eigenvalue weighted by atomic mass is 10.1. The molecule has 1 N–H and O–H groups in total. The standard InChI is InChI=1S/C17H10ClF2NO3/c18-10-2-3-11-15(6-10)21(8-12(16(11)22)17(23)24)7-9-1-4-13(19)14(20)5-9/h1-6,8H,7H2,(H,23,24). The molecule has 1 heterocycles. The van der Waals surface area contributed by atoms with Gasteiger partial charge < -0.3 is 9.67 Å². The molecule has 1 aromatic heterocycles. The van der Waals surface area contributed by atoms with Gasteiger partial charge in [-0.15, -0.1) is 0 Å². The Kier molecular flexibility index (Phi) is 4.07. The topological polar surface area (TPSA) is 59.3 Å². The van der Waals surface area contributed by atoms with Crippen molar-refractivity contribution in [1.82, 2.24) is 4.57 Å². The van der Waals surface area contributed by atoms with Gasteiger partial charge in [0.25, 0.3) is 0 Å². The Labute approximate surface area is 139 Å². The summed E-state index contributed by atoms with van der Waals surface area (Å²) < 4.78 is 27.9. The fourth-order valence-electron chi connectivity index (χ4n) is 2.48. The van der Waals surface area contributed by atoms with Gasteiger partial charge in [-0.3, -0.25) is 4.79 Å². The molecule has 3 aromatic rings. The van der Waals surface area contributed by atoms with Crippen LogP contribution in [-0.4, -0.2) is 15.6 Å². The number of pyridine rings is 1. The van der Waals surface area contributed by atoms with E-state index < -0.39 is 28.6 Å². The zero-order valence-electron chi connectivity index (χ0n) is 12.1. The number of fused-ring (bicyclic) bond motifs is 1. The molecule has 0 saturated heterocycles. The van der Waals surface area contributed by atoms with Crippen molar-refractivity contribution in [2.24, 2.45) is 0 Å². The third kappa shape index (κ3) is 2.88. The summed E-state index contributed by atoms with van der Waals surface area (Å²) >= 11 is 5.95. The highest BCUT2D eigenvalue weighted by Crippen LogP contribution is 2.20. The zero-order valence-corrected chi connectivity index (χ0v) is 12.8. The number of carboxylic acid groups (broad SMARTS) is 1. The van der Waals surface area contributed by atoms with Gasteiger partial charge >= 0.3 is 5.97 Å². The maximum atomic E-state index is 13.4. The molecule has 0 amide bonds. The van der Waals surface area contributed by atoms with Gasteiger partial charge in [-0.1, -0.05) is 17.7 Å². The first-order valence-corrected chi connectivity index (χ1v) is 7.24. The molecule has 0 aliphatic carbocycles. The van der Waals surface area contributed by atoms with E-state index in [0.717, 1.165) is 12.1 Å². The summed E-state index contributed by atoms with van der Waals surface area (Å²) in [5.41, 5.74) is -0.222. The number of nitrogens with zero attached hydrogens (tertiary/aromatic N) is 1. The van der Waals surface area contributed by atoms with Crippen LogP contribution >= 0.6 is 11.6 Å². The molecule has 0 spiro atoms. The lowest BCUT2D eigenvalue weighted by Crippen LogP contribution is -2.19. The molecule has 7 heteroatoms. The first-order chi connectivity index (χ1) is 11.4. The van der Waals surface area contributed by atoms with E-state index in [-0.39, 0.29) is 11.9 Å². The van der Waals surface area contributed by atoms with Crippen molar-refractivity contribution in [1.29, 1.82) is 0 Å².